The molecule has 23 heavy (non-hydrogen) atoms. The molecule has 2 nitrogen and oxygen atoms in total. The highest BCUT2D eigenvalue weighted by Crippen LogP contribution is 2.63. The lowest BCUT2D eigenvalue weighted by Gasteiger charge is -2.58. The summed E-state index contributed by atoms with van der Waals surface area (Å²) in [5, 5.41) is 0. The van der Waals surface area contributed by atoms with Crippen LogP contribution in [0.25, 0.3) is 0 Å². The first-order chi connectivity index (χ1) is 10.8. The van der Waals surface area contributed by atoms with Gasteiger partial charge in [-0.15, -0.1) is 6.58 Å². The van der Waals surface area contributed by atoms with Crippen molar-refractivity contribution in [1.82, 2.24) is 0 Å². The van der Waals surface area contributed by atoms with Crippen LogP contribution < -0.4 is 0 Å². The number of ether oxygens (including phenoxy) is 1. The van der Waals surface area contributed by atoms with Crippen LogP contribution >= 0.6 is 0 Å². The number of esters is 1. The molecule has 0 aromatic carbocycles. The van der Waals surface area contributed by atoms with Gasteiger partial charge < -0.3 is 4.74 Å². The molecule has 3 aliphatic rings. The highest BCUT2D eigenvalue weighted by molar-refractivity contribution is 5.77. The summed E-state index contributed by atoms with van der Waals surface area (Å²) >= 11 is 0. The van der Waals surface area contributed by atoms with Crippen molar-refractivity contribution in [3.8, 4) is 0 Å². The summed E-state index contributed by atoms with van der Waals surface area (Å²) in [6.45, 7) is 11.0. The van der Waals surface area contributed by atoms with Gasteiger partial charge in [0, 0.05) is 0 Å². The molecule has 128 valence electrons. The minimum Gasteiger partial charge on any atom is -0.469 e. The van der Waals surface area contributed by atoms with Crippen LogP contribution in [0.4, 0.5) is 0 Å². The number of fused-ring (bicyclic) bond motifs is 3. The predicted molar refractivity (Wildman–Crippen MR) is 93.9 cm³/mol. The Morgan fingerprint density at radius 3 is 2.70 bits per heavy atom. The Labute approximate surface area is 141 Å². The fourth-order valence-electron chi connectivity index (χ4n) is 6.09. The van der Waals surface area contributed by atoms with Gasteiger partial charge in [-0.2, -0.15) is 0 Å². The molecule has 0 aromatic rings. The van der Waals surface area contributed by atoms with Crippen LogP contribution in [0, 0.1) is 28.1 Å². The van der Waals surface area contributed by atoms with E-state index in [0.29, 0.717) is 11.8 Å². The Hall–Kier alpha value is -1.05. The molecule has 0 saturated heterocycles. The molecule has 5 atom stereocenters. The third-order valence-corrected chi connectivity index (χ3v) is 7.59. The Kier molecular flexibility index (Phi) is 4.01. The lowest BCUT2D eigenvalue weighted by atomic mass is 9.45. The molecular weight excluding hydrogens is 284 g/mol. The standard InChI is InChI=1S/C21H32O2/c1-6-19(2)13-10-16-15(14-19)8-9-17-20(16,3)11-7-12-21(17,4)18(22)23-5/h6,8,16-17H,1,7,9-14H2,2-5H3/t16-,17?,19-,20-,21-/m1/s1. The lowest BCUT2D eigenvalue weighted by molar-refractivity contribution is -0.166. The molecule has 0 spiro atoms. The van der Waals surface area contributed by atoms with E-state index in [1.165, 1.54) is 19.3 Å². The summed E-state index contributed by atoms with van der Waals surface area (Å²) in [4.78, 5) is 12.5. The number of hydrogen-bond donors (Lipinski definition) is 0. The maximum atomic E-state index is 12.5. The zero-order chi connectivity index (χ0) is 16.9. The van der Waals surface area contributed by atoms with E-state index in [2.05, 4.69) is 39.5 Å². The smallest absolute Gasteiger partial charge is 0.311 e. The number of allylic oxidation sites excluding steroid dienone is 3. The van der Waals surface area contributed by atoms with Crippen molar-refractivity contribution in [3.05, 3.63) is 24.3 Å². The van der Waals surface area contributed by atoms with Crippen LogP contribution in [0.1, 0.15) is 65.7 Å². The lowest BCUT2D eigenvalue weighted by Crippen LogP contribution is -2.54. The van der Waals surface area contributed by atoms with Crippen molar-refractivity contribution in [2.24, 2.45) is 28.1 Å². The summed E-state index contributed by atoms with van der Waals surface area (Å²) in [5.41, 5.74) is 1.81. The molecule has 2 heteroatoms. The molecule has 0 aromatic heterocycles. The van der Waals surface area contributed by atoms with E-state index < -0.39 is 0 Å². The predicted octanol–water partition coefficient (Wildman–Crippen LogP) is 5.29. The van der Waals surface area contributed by atoms with E-state index in [1.807, 2.05) is 0 Å². The van der Waals surface area contributed by atoms with Crippen LogP contribution in [0.3, 0.4) is 0 Å². The number of carbonyl (C=O) groups excluding carboxylic acids is 1. The summed E-state index contributed by atoms with van der Waals surface area (Å²) < 4.78 is 5.20. The molecule has 2 fully saturated rings. The maximum Gasteiger partial charge on any atom is 0.311 e. The third kappa shape index (κ3) is 2.40. The molecule has 3 rings (SSSR count). The highest BCUT2D eigenvalue weighted by atomic mass is 16.5. The first-order valence-electron chi connectivity index (χ1n) is 9.20. The van der Waals surface area contributed by atoms with Gasteiger partial charge in [0.15, 0.2) is 0 Å². The number of rotatable bonds is 2. The summed E-state index contributed by atoms with van der Waals surface area (Å²) in [6, 6.07) is 0. The molecule has 0 N–H and O–H groups in total. The average Bonchev–Trinajstić information content (AvgIpc) is 2.53. The Bertz CT molecular complexity index is 548. The second kappa shape index (κ2) is 5.50. The first kappa shape index (κ1) is 16.8. The average molecular weight is 316 g/mol. The molecule has 0 aliphatic heterocycles. The van der Waals surface area contributed by atoms with Crippen molar-refractivity contribution in [1.29, 1.82) is 0 Å². The first-order valence-corrected chi connectivity index (χ1v) is 9.20. The third-order valence-electron chi connectivity index (χ3n) is 7.59. The minimum absolute atomic E-state index is 0.00276. The Morgan fingerprint density at radius 2 is 2.04 bits per heavy atom. The fraction of sp³-hybridized carbons (Fsp3) is 0.762. The topological polar surface area (TPSA) is 26.3 Å². The molecule has 0 heterocycles. The van der Waals surface area contributed by atoms with Gasteiger partial charge in [0.25, 0.3) is 0 Å². The van der Waals surface area contributed by atoms with Gasteiger partial charge in [0.05, 0.1) is 12.5 Å². The van der Waals surface area contributed by atoms with Gasteiger partial charge in [-0.3, -0.25) is 4.79 Å². The van der Waals surface area contributed by atoms with Crippen LogP contribution in [0.5, 0.6) is 0 Å². The SMILES string of the molecule is C=C[C@]1(C)CC[C@@H]2C(=CCC3[C@](C)(C(=O)OC)CCC[C@@]32C)C1. The largest absolute Gasteiger partial charge is 0.469 e. The second-order valence-electron chi connectivity index (χ2n) is 8.96. The molecule has 2 saturated carbocycles. The highest BCUT2D eigenvalue weighted by Gasteiger charge is 2.58. The second-order valence-corrected chi connectivity index (χ2v) is 8.96. The molecule has 0 radical (unpaired) electrons. The van der Waals surface area contributed by atoms with E-state index in [4.69, 9.17) is 4.74 Å². The monoisotopic (exact) mass is 316 g/mol. The maximum absolute atomic E-state index is 12.5. The van der Waals surface area contributed by atoms with Crippen molar-refractivity contribution >= 4 is 5.97 Å². The van der Waals surface area contributed by atoms with Crippen LogP contribution in [-0.4, -0.2) is 13.1 Å². The molecule has 1 unspecified atom stereocenters. The van der Waals surface area contributed by atoms with Crippen LogP contribution in [-0.2, 0) is 9.53 Å². The van der Waals surface area contributed by atoms with Crippen molar-refractivity contribution < 1.29 is 9.53 Å². The van der Waals surface area contributed by atoms with Crippen molar-refractivity contribution in [3.63, 3.8) is 0 Å². The van der Waals surface area contributed by atoms with Crippen LogP contribution in [0.2, 0.25) is 0 Å². The minimum atomic E-state index is -0.317. The zero-order valence-electron chi connectivity index (χ0n) is 15.3. The summed E-state index contributed by atoms with van der Waals surface area (Å²) in [6.07, 6.45) is 12.6. The van der Waals surface area contributed by atoms with Crippen molar-refractivity contribution in [2.75, 3.05) is 7.11 Å². The molecule has 0 bridgehead atoms. The van der Waals surface area contributed by atoms with Crippen LogP contribution in [0.15, 0.2) is 24.3 Å². The summed E-state index contributed by atoms with van der Waals surface area (Å²) in [7, 11) is 1.54. The molecule has 3 aliphatic carbocycles. The summed E-state index contributed by atoms with van der Waals surface area (Å²) in [5.74, 6) is 1.05. The number of methoxy groups -OCH3 is 1. The van der Waals surface area contributed by atoms with E-state index >= 15 is 0 Å². The van der Waals surface area contributed by atoms with Gasteiger partial charge in [-0.1, -0.05) is 38.0 Å². The van der Waals surface area contributed by atoms with Gasteiger partial charge in [0.1, 0.15) is 0 Å². The Morgan fingerprint density at radius 1 is 1.30 bits per heavy atom. The van der Waals surface area contributed by atoms with E-state index in [1.54, 1.807) is 12.7 Å². The Balaban J connectivity index is 1.97. The van der Waals surface area contributed by atoms with Gasteiger partial charge >= 0.3 is 5.97 Å². The van der Waals surface area contributed by atoms with E-state index in [-0.39, 0.29) is 22.2 Å². The van der Waals surface area contributed by atoms with Gasteiger partial charge in [0.2, 0.25) is 0 Å². The van der Waals surface area contributed by atoms with Crippen molar-refractivity contribution in [2.45, 2.75) is 65.7 Å². The van der Waals surface area contributed by atoms with Gasteiger partial charge in [-0.25, -0.2) is 0 Å². The normalized spacial score (nSPS) is 46.2. The van der Waals surface area contributed by atoms with E-state index in [0.717, 1.165) is 25.7 Å². The molecule has 0 amide bonds. The molecular formula is C21H32O2. The zero-order valence-corrected chi connectivity index (χ0v) is 15.3. The van der Waals surface area contributed by atoms with Gasteiger partial charge in [-0.05, 0) is 68.1 Å². The van der Waals surface area contributed by atoms with E-state index in [9.17, 15) is 4.79 Å². The number of hydrogen-bond acceptors (Lipinski definition) is 2. The quantitative estimate of drug-likeness (QED) is 0.511. The fourth-order valence-corrected chi connectivity index (χ4v) is 6.09. The number of carbonyl (C=O) groups is 1.